The van der Waals surface area contributed by atoms with Gasteiger partial charge in [-0.2, -0.15) is 11.8 Å². The zero-order valence-electron chi connectivity index (χ0n) is 14.3. The lowest BCUT2D eigenvalue weighted by molar-refractivity contribution is 0.135. The van der Waals surface area contributed by atoms with Gasteiger partial charge in [0.1, 0.15) is 0 Å². The second kappa shape index (κ2) is 15.0. The topological polar surface area (TPSA) is 66.8 Å². The summed E-state index contributed by atoms with van der Waals surface area (Å²) in [4.78, 5) is 17.9. The monoisotopic (exact) mass is 354 g/mol. The van der Waals surface area contributed by atoms with E-state index in [1.807, 2.05) is 0 Å². The maximum atomic E-state index is 10.9. The van der Waals surface area contributed by atoms with Crippen LogP contribution in [0.25, 0.3) is 0 Å². The van der Waals surface area contributed by atoms with Crippen molar-refractivity contribution in [3.05, 3.63) is 0 Å². The van der Waals surface area contributed by atoms with Gasteiger partial charge in [0.05, 0.1) is 12.3 Å². The molecule has 0 aliphatic carbocycles. The van der Waals surface area contributed by atoms with E-state index in [9.17, 15) is 4.57 Å². The third kappa shape index (κ3) is 16.8. The van der Waals surface area contributed by atoms with Crippen molar-refractivity contribution >= 4 is 19.4 Å². The molecular formula is C16H35O4PS. The van der Waals surface area contributed by atoms with Crippen LogP contribution in [0.5, 0.6) is 0 Å². The molecule has 0 radical (unpaired) electrons. The Morgan fingerprint density at radius 1 is 0.955 bits per heavy atom. The van der Waals surface area contributed by atoms with Gasteiger partial charge in [-0.3, -0.25) is 4.57 Å². The van der Waals surface area contributed by atoms with Crippen LogP contribution in [-0.2, 0) is 9.30 Å². The van der Waals surface area contributed by atoms with E-state index < -0.39 is 7.60 Å². The van der Waals surface area contributed by atoms with Crippen molar-refractivity contribution < 1.29 is 19.1 Å². The van der Waals surface area contributed by atoms with Crippen LogP contribution in [0.15, 0.2) is 0 Å². The Labute approximate surface area is 141 Å². The normalized spacial score (nSPS) is 13.5. The Morgan fingerprint density at radius 2 is 1.45 bits per heavy atom. The Bertz CT molecular complexity index is 283. The molecule has 134 valence electrons. The SMILES string of the molecule is CCCCCCCCCCCCSCC(CP(=O)(O)O)OC. The van der Waals surface area contributed by atoms with Crippen molar-refractivity contribution in [3.63, 3.8) is 0 Å². The molecule has 0 aliphatic rings. The van der Waals surface area contributed by atoms with E-state index in [0.717, 1.165) is 5.75 Å². The summed E-state index contributed by atoms with van der Waals surface area (Å²) in [5.41, 5.74) is 0. The largest absolute Gasteiger partial charge is 0.380 e. The minimum atomic E-state index is -3.96. The molecule has 0 heterocycles. The highest BCUT2D eigenvalue weighted by Gasteiger charge is 2.20. The summed E-state index contributed by atoms with van der Waals surface area (Å²) in [7, 11) is -2.45. The van der Waals surface area contributed by atoms with Crippen LogP contribution in [-0.4, -0.2) is 40.7 Å². The molecule has 0 rings (SSSR count). The molecule has 0 aromatic carbocycles. The molecule has 2 N–H and O–H groups in total. The van der Waals surface area contributed by atoms with E-state index in [2.05, 4.69) is 6.92 Å². The van der Waals surface area contributed by atoms with Crippen LogP contribution in [0.1, 0.15) is 71.1 Å². The van der Waals surface area contributed by atoms with Gasteiger partial charge in [-0.15, -0.1) is 0 Å². The quantitative estimate of drug-likeness (QED) is 0.307. The Kier molecular flexibility index (Phi) is 15.3. The maximum Gasteiger partial charge on any atom is 0.328 e. The Morgan fingerprint density at radius 3 is 1.91 bits per heavy atom. The molecule has 0 aromatic rings. The fourth-order valence-corrected chi connectivity index (χ4v) is 4.44. The van der Waals surface area contributed by atoms with Crippen molar-refractivity contribution in [1.29, 1.82) is 0 Å². The average Bonchev–Trinajstić information content (AvgIpc) is 2.46. The molecule has 0 aromatic heterocycles. The van der Waals surface area contributed by atoms with Crippen molar-refractivity contribution in [1.82, 2.24) is 0 Å². The van der Waals surface area contributed by atoms with Gasteiger partial charge in [0, 0.05) is 12.9 Å². The molecule has 0 saturated heterocycles. The molecular weight excluding hydrogens is 319 g/mol. The molecule has 0 saturated carbocycles. The van der Waals surface area contributed by atoms with Gasteiger partial charge < -0.3 is 14.5 Å². The summed E-state index contributed by atoms with van der Waals surface area (Å²) < 4.78 is 16.0. The van der Waals surface area contributed by atoms with Crippen LogP contribution in [0.4, 0.5) is 0 Å². The first-order chi connectivity index (χ1) is 10.5. The van der Waals surface area contributed by atoms with E-state index in [0.29, 0.717) is 5.75 Å². The van der Waals surface area contributed by atoms with Crippen LogP contribution in [0.2, 0.25) is 0 Å². The standard InChI is InChI=1S/C16H35O4PS/c1-3-4-5-6-7-8-9-10-11-12-13-22-15-16(20-2)14-21(17,18)19/h16H,3-15H2,1-2H3,(H2,17,18,19). The second-order valence-corrected chi connectivity index (χ2v) is 8.81. The zero-order chi connectivity index (χ0) is 16.7. The number of hydrogen-bond donors (Lipinski definition) is 2. The van der Waals surface area contributed by atoms with Gasteiger partial charge in [-0.1, -0.05) is 64.7 Å². The first kappa shape index (κ1) is 22.5. The van der Waals surface area contributed by atoms with Crippen molar-refractivity contribution in [2.24, 2.45) is 0 Å². The maximum absolute atomic E-state index is 10.9. The summed E-state index contributed by atoms with van der Waals surface area (Å²) in [6, 6.07) is 0. The number of ether oxygens (including phenoxy) is 1. The van der Waals surface area contributed by atoms with Gasteiger partial charge in [-0.05, 0) is 12.2 Å². The minimum Gasteiger partial charge on any atom is -0.380 e. The third-order valence-electron chi connectivity index (χ3n) is 3.72. The van der Waals surface area contributed by atoms with Crippen molar-refractivity contribution in [2.45, 2.75) is 77.2 Å². The lowest BCUT2D eigenvalue weighted by Gasteiger charge is -2.15. The first-order valence-corrected chi connectivity index (χ1v) is 11.6. The lowest BCUT2D eigenvalue weighted by Crippen LogP contribution is -2.19. The number of rotatable bonds is 16. The summed E-state index contributed by atoms with van der Waals surface area (Å²) in [6.45, 7) is 2.25. The third-order valence-corrected chi connectivity index (χ3v) is 5.79. The average molecular weight is 354 g/mol. The number of hydrogen-bond acceptors (Lipinski definition) is 3. The number of thioether (sulfide) groups is 1. The van der Waals surface area contributed by atoms with E-state index in [-0.39, 0.29) is 12.3 Å². The first-order valence-electron chi connectivity index (χ1n) is 8.64. The van der Waals surface area contributed by atoms with Gasteiger partial charge in [0.2, 0.25) is 0 Å². The van der Waals surface area contributed by atoms with Crippen LogP contribution in [0, 0.1) is 0 Å². The molecule has 0 aliphatic heterocycles. The second-order valence-electron chi connectivity index (χ2n) is 5.96. The summed E-state index contributed by atoms with van der Waals surface area (Å²) in [5, 5.41) is 0. The van der Waals surface area contributed by atoms with Gasteiger partial charge in [0.25, 0.3) is 0 Å². The summed E-state index contributed by atoms with van der Waals surface area (Å²) in [5.74, 6) is 1.72. The predicted molar refractivity (Wildman–Crippen MR) is 96.9 cm³/mol. The summed E-state index contributed by atoms with van der Waals surface area (Å²) >= 11 is 1.74. The Hall–Kier alpha value is 0.460. The molecule has 0 spiro atoms. The molecule has 0 bridgehead atoms. The predicted octanol–water partition coefficient (Wildman–Crippen LogP) is 4.83. The van der Waals surface area contributed by atoms with E-state index in [4.69, 9.17) is 14.5 Å². The molecule has 0 amide bonds. The van der Waals surface area contributed by atoms with E-state index >= 15 is 0 Å². The summed E-state index contributed by atoms with van der Waals surface area (Å²) in [6.07, 6.45) is 12.8. The minimum absolute atomic E-state index is 0.172. The van der Waals surface area contributed by atoms with Gasteiger partial charge in [-0.25, -0.2) is 0 Å². The molecule has 0 fully saturated rings. The van der Waals surface area contributed by atoms with Crippen molar-refractivity contribution in [2.75, 3.05) is 24.8 Å². The molecule has 1 unspecified atom stereocenters. The molecule has 1 atom stereocenters. The number of methoxy groups -OCH3 is 1. The van der Waals surface area contributed by atoms with Gasteiger partial charge in [0.15, 0.2) is 0 Å². The zero-order valence-corrected chi connectivity index (χ0v) is 16.0. The van der Waals surface area contributed by atoms with Crippen LogP contribution < -0.4 is 0 Å². The molecule has 6 heteroatoms. The highest BCUT2D eigenvalue weighted by Crippen LogP contribution is 2.36. The molecule has 22 heavy (non-hydrogen) atoms. The fraction of sp³-hybridized carbons (Fsp3) is 1.00. The fourth-order valence-electron chi connectivity index (χ4n) is 2.37. The van der Waals surface area contributed by atoms with E-state index in [1.165, 1.54) is 71.3 Å². The van der Waals surface area contributed by atoms with E-state index in [1.54, 1.807) is 11.8 Å². The molecule has 4 nitrogen and oxygen atoms in total. The number of unbranched alkanes of at least 4 members (excludes halogenated alkanes) is 9. The van der Waals surface area contributed by atoms with Crippen LogP contribution >= 0.6 is 19.4 Å². The smallest absolute Gasteiger partial charge is 0.328 e. The lowest BCUT2D eigenvalue weighted by atomic mass is 10.1. The van der Waals surface area contributed by atoms with Crippen LogP contribution in [0.3, 0.4) is 0 Å². The highest BCUT2D eigenvalue weighted by atomic mass is 32.2. The van der Waals surface area contributed by atoms with Gasteiger partial charge >= 0.3 is 7.60 Å². The highest BCUT2D eigenvalue weighted by molar-refractivity contribution is 7.99. The Balaban J connectivity index is 3.30. The van der Waals surface area contributed by atoms with Crippen molar-refractivity contribution in [3.8, 4) is 0 Å².